The topological polar surface area (TPSA) is 51.7 Å². The van der Waals surface area contributed by atoms with Crippen molar-refractivity contribution in [3.05, 3.63) is 35.3 Å². The van der Waals surface area contributed by atoms with E-state index in [1.807, 2.05) is 41.5 Å². The molecule has 0 spiro atoms. The smallest absolute Gasteiger partial charge is 0.273 e. The largest absolute Gasteiger partial charge is 0.496 e. The number of hydrogen-bond donors (Lipinski definition) is 0. The number of benzene rings is 1. The summed E-state index contributed by atoms with van der Waals surface area (Å²) in [4.78, 5) is 19.1. The van der Waals surface area contributed by atoms with Crippen LogP contribution in [0.25, 0.3) is 10.6 Å². The minimum absolute atomic E-state index is 0.0169. The maximum absolute atomic E-state index is 12.7. The van der Waals surface area contributed by atoms with Gasteiger partial charge in [0.1, 0.15) is 16.5 Å². The molecule has 1 amide bonds. The predicted octanol–water partition coefficient (Wildman–Crippen LogP) is 3.46. The van der Waals surface area contributed by atoms with Crippen LogP contribution < -0.4 is 4.74 Å². The second-order valence-electron chi connectivity index (χ2n) is 5.71. The number of methoxy groups -OCH3 is 1. The van der Waals surface area contributed by atoms with E-state index in [1.54, 1.807) is 7.11 Å². The van der Waals surface area contributed by atoms with Crippen LogP contribution in [0, 0.1) is 0 Å². The molecule has 1 atom stereocenters. The molecule has 1 aliphatic rings. The molecule has 0 aliphatic carbocycles. The molecule has 128 valence electrons. The maximum atomic E-state index is 12.7. The highest BCUT2D eigenvalue weighted by molar-refractivity contribution is 7.13. The zero-order valence-electron chi connectivity index (χ0n) is 14.0. The van der Waals surface area contributed by atoms with Crippen LogP contribution in [0.2, 0.25) is 0 Å². The first-order valence-electron chi connectivity index (χ1n) is 8.22. The number of nitrogens with zero attached hydrogens (tertiary/aromatic N) is 2. The lowest BCUT2D eigenvalue weighted by Crippen LogP contribution is -2.43. The Morgan fingerprint density at radius 3 is 3.04 bits per heavy atom. The van der Waals surface area contributed by atoms with Crippen LogP contribution in [0.4, 0.5) is 0 Å². The summed E-state index contributed by atoms with van der Waals surface area (Å²) in [7, 11) is 1.64. The summed E-state index contributed by atoms with van der Waals surface area (Å²) in [5, 5.41) is 2.63. The van der Waals surface area contributed by atoms with Crippen molar-refractivity contribution in [3.63, 3.8) is 0 Å². The van der Waals surface area contributed by atoms with Gasteiger partial charge in [0, 0.05) is 25.1 Å². The van der Waals surface area contributed by atoms with E-state index in [4.69, 9.17) is 9.47 Å². The molecule has 6 heteroatoms. The van der Waals surface area contributed by atoms with Crippen LogP contribution in [0.5, 0.6) is 5.75 Å². The van der Waals surface area contributed by atoms with E-state index in [0.717, 1.165) is 35.7 Å². The van der Waals surface area contributed by atoms with E-state index in [-0.39, 0.29) is 12.0 Å². The van der Waals surface area contributed by atoms with Gasteiger partial charge in [0.05, 0.1) is 18.8 Å². The highest BCUT2D eigenvalue weighted by Gasteiger charge is 2.26. The van der Waals surface area contributed by atoms with Crippen molar-refractivity contribution >= 4 is 17.2 Å². The molecule has 2 aromatic rings. The number of rotatable bonds is 5. The van der Waals surface area contributed by atoms with Gasteiger partial charge in [0.15, 0.2) is 0 Å². The Labute approximate surface area is 146 Å². The number of aromatic nitrogens is 1. The molecule has 0 saturated carbocycles. The molecule has 5 nitrogen and oxygen atoms in total. The van der Waals surface area contributed by atoms with Crippen LogP contribution in [0.3, 0.4) is 0 Å². The molecule has 3 rings (SSSR count). The minimum atomic E-state index is -0.0169. The number of carbonyl (C=O) groups is 1. The molecule has 1 saturated heterocycles. The van der Waals surface area contributed by atoms with Gasteiger partial charge in [0.25, 0.3) is 5.91 Å². The van der Waals surface area contributed by atoms with Gasteiger partial charge >= 0.3 is 0 Å². The molecule has 1 fully saturated rings. The lowest BCUT2D eigenvalue weighted by molar-refractivity contribution is 0.00706. The Hall–Kier alpha value is -1.92. The summed E-state index contributed by atoms with van der Waals surface area (Å²) in [5.41, 5.74) is 1.41. The van der Waals surface area contributed by atoms with E-state index in [1.165, 1.54) is 11.3 Å². The molecule has 1 aromatic carbocycles. The molecule has 0 unspecified atom stereocenters. The number of hydrogen-bond acceptors (Lipinski definition) is 5. The molecule has 2 heterocycles. The molecular formula is C18H22N2O3S. The zero-order valence-corrected chi connectivity index (χ0v) is 14.8. The second-order valence-corrected chi connectivity index (χ2v) is 6.57. The van der Waals surface area contributed by atoms with Gasteiger partial charge < -0.3 is 14.4 Å². The molecule has 0 bridgehead atoms. The Kier molecular flexibility index (Phi) is 5.48. The van der Waals surface area contributed by atoms with E-state index < -0.39 is 0 Å². The van der Waals surface area contributed by atoms with Crippen molar-refractivity contribution in [1.29, 1.82) is 0 Å². The summed E-state index contributed by atoms with van der Waals surface area (Å²) in [5.74, 6) is 0.747. The maximum Gasteiger partial charge on any atom is 0.273 e. The van der Waals surface area contributed by atoms with Crippen molar-refractivity contribution in [2.75, 3.05) is 26.8 Å². The fraction of sp³-hybridized carbons (Fsp3) is 0.444. The van der Waals surface area contributed by atoms with E-state index in [0.29, 0.717) is 18.8 Å². The number of piperidine rings is 1. The van der Waals surface area contributed by atoms with Crippen molar-refractivity contribution in [3.8, 4) is 16.3 Å². The van der Waals surface area contributed by atoms with E-state index >= 15 is 0 Å². The number of thiazole rings is 1. The van der Waals surface area contributed by atoms with E-state index in [2.05, 4.69) is 4.98 Å². The minimum Gasteiger partial charge on any atom is -0.496 e. The Morgan fingerprint density at radius 2 is 2.25 bits per heavy atom. The Bertz CT molecular complexity index is 699. The van der Waals surface area contributed by atoms with Gasteiger partial charge in [-0.3, -0.25) is 4.79 Å². The number of para-hydroxylation sites is 1. The third-order valence-electron chi connectivity index (χ3n) is 4.13. The highest BCUT2D eigenvalue weighted by Crippen LogP contribution is 2.32. The Morgan fingerprint density at radius 1 is 1.42 bits per heavy atom. The van der Waals surface area contributed by atoms with Crippen molar-refractivity contribution in [2.45, 2.75) is 25.9 Å². The number of carbonyl (C=O) groups excluding carboxylic acids is 1. The molecule has 0 N–H and O–H groups in total. The first-order valence-corrected chi connectivity index (χ1v) is 9.10. The van der Waals surface area contributed by atoms with Gasteiger partial charge in [-0.15, -0.1) is 11.3 Å². The van der Waals surface area contributed by atoms with Gasteiger partial charge in [-0.25, -0.2) is 4.98 Å². The van der Waals surface area contributed by atoms with Crippen LogP contribution >= 0.6 is 11.3 Å². The van der Waals surface area contributed by atoms with Crippen molar-refractivity contribution in [1.82, 2.24) is 9.88 Å². The van der Waals surface area contributed by atoms with Crippen molar-refractivity contribution < 1.29 is 14.3 Å². The SMILES string of the molecule is CCO[C@@H]1CCCN(C(=O)c2csc(-c3ccccc3OC)n2)C1. The summed E-state index contributed by atoms with van der Waals surface area (Å²) in [6, 6.07) is 7.72. The van der Waals surface area contributed by atoms with Crippen LogP contribution in [-0.2, 0) is 4.74 Å². The number of amides is 1. The van der Waals surface area contributed by atoms with E-state index in [9.17, 15) is 4.79 Å². The van der Waals surface area contributed by atoms with Gasteiger partial charge in [-0.2, -0.15) is 0 Å². The summed E-state index contributed by atoms with van der Waals surface area (Å²) in [6.07, 6.45) is 2.13. The average molecular weight is 346 g/mol. The molecule has 1 aromatic heterocycles. The van der Waals surface area contributed by atoms with Crippen LogP contribution in [0.15, 0.2) is 29.6 Å². The van der Waals surface area contributed by atoms with Crippen molar-refractivity contribution in [2.24, 2.45) is 0 Å². The standard InChI is InChI=1S/C18H22N2O3S/c1-3-23-13-7-6-10-20(11-13)18(21)15-12-24-17(19-15)14-8-4-5-9-16(14)22-2/h4-5,8-9,12-13H,3,6-7,10-11H2,1-2H3/t13-/m1/s1. The summed E-state index contributed by atoms with van der Waals surface area (Å²) < 4.78 is 11.1. The average Bonchev–Trinajstić information content (AvgIpc) is 3.11. The molecule has 24 heavy (non-hydrogen) atoms. The van der Waals surface area contributed by atoms with Gasteiger partial charge in [-0.05, 0) is 31.9 Å². The lowest BCUT2D eigenvalue weighted by atomic mass is 10.1. The first-order chi connectivity index (χ1) is 11.7. The molecule has 1 aliphatic heterocycles. The van der Waals surface area contributed by atoms with Crippen LogP contribution in [-0.4, -0.2) is 48.7 Å². The zero-order chi connectivity index (χ0) is 16.9. The number of likely N-dealkylation sites (tertiary alicyclic amines) is 1. The second kappa shape index (κ2) is 7.77. The molecule has 0 radical (unpaired) electrons. The molecular weight excluding hydrogens is 324 g/mol. The summed E-state index contributed by atoms with van der Waals surface area (Å²) in [6.45, 7) is 4.08. The lowest BCUT2D eigenvalue weighted by Gasteiger charge is -2.32. The highest BCUT2D eigenvalue weighted by atomic mass is 32.1. The quantitative estimate of drug-likeness (QED) is 0.832. The van der Waals surface area contributed by atoms with Gasteiger partial charge in [-0.1, -0.05) is 12.1 Å². The third-order valence-corrected chi connectivity index (χ3v) is 5.00. The Balaban J connectivity index is 1.76. The third kappa shape index (κ3) is 3.60. The predicted molar refractivity (Wildman–Crippen MR) is 94.7 cm³/mol. The monoisotopic (exact) mass is 346 g/mol. The fourth-order valence-corrected chi connectivity index (χ4v) is 3.80. The number of ether oxygens (including phenoxy) is 2. The summed E-state index contributed by atoms with van der Waals surface area (Å²) >= 11 is 1.47. The normalized spacial score (nSPS) is 17.8. The van der Waals surface area contributed by atoms with Crippen LogP contribution in [0.1, 0.15) is 30.3 Å². The first kappa shape index (κ1) is 16.9. The van der Waals surface area contributed by atoms with Gasteiger partial charge in [0.2, 0.25) is 0 Å². The fourth-order valence-electron chi connectivity index (χ4n) is 2.97.